The first-order valence-corrected chi connectivity index (χ1v) is 10.1. The zero-order valence-corrected chi connectivity index (χ0v) is 18.3. The van der Waals surface area contributed by atoms with Crippen LogP contribution < -0.4 is 15.9 Å². The number of nitrogen functional groups attached to an aromatic ring is 1. The summed E-state index contributed by atoms with van der Waals surface area (Å²) in [6.07, 6.45) is 0. The van der Waals surface area contributed by atoms with Crippen molar-refractivity contribution in [2.75, 3.05) is 5.73 Å². The molecule has 1 amide bonds. The van der Waals surface area contributed by atoms with E-state index in [0.717, 1.165) is 21.6 Å². The summed E-state index contributed by atoms with van der Waals surface area (Å²) in [5.41, 5.74) is 12.4. The van der Waals surface area contributed by atoms with E-state index in [9.17, 15) is 4.79 Å². The summed E-state index contributed by atoms with van der Waals surface area (Å²) in [5, 5.41) is 19.1. The number of carbonyl (C=O) groups is 1. The minimum Gasteiger partial charge on any atom is -0.489 e. The van der Waals surface area contributed by atoms with E-state index in [2.05, 4.69) is 47.9 Å². The Hall–Kier alpha value is -4.54. The fourth-order valence-electron chi connectivity index (χ4n) is 3.00. The molecular formula is C22H22N8O3. The second-order valence-electron chi connectivity index (χ2n) is 7.35. The van der Waals surface area contributed by atoms with Gasteiger partial charge in [-0.1, -0.05) is 35.0 Å². The van der Waals surface area contributed by atoms with Gasteiger partial charge in [-0.05, 0) is 66.5 Å². The number of carbonyl (C=O) groups excluding carboxylic acids is 1. The predicted octanol–water partition coefficient (Wildman–Crippen LogP) is 2.58. The maximum absolute atomic E-state index is 12.7. The second-order valence-corrected chi connectivity index (χ2v) is 7.35. The van der Waals surface area contributed by atoms with Gasteiger partial charge in [-0.3, -0.25) is 4.79 Å². The Kier molecular flexibility index (Phi) is 6.11. The van der Waals surface area contributed by atoms with E-state index < -0.39 is 5.91 Å². The lowest BCUT2D eigenvalue weighted by molar-refractivity contribution is 0.0946. The molecule has 0 unspecified atom stereocenters. The van der Waals surface area contributed by atoms with Gasteiger partial charge in [0, 0.05) is 0 Å². The van der Waals surface area contributed by atoms with Crippen LogP contribution in [0.1, 0.15) is 39.8 Å². The third-order valence-electron chi connectivity index (χ3n) is 4.87. The molecule has 11 heteroatoms. The van der Waals surface area contributed by atoms with Crippen molar-refractivity contribution >= 4 is 17.4 Å². The molecule has 3 N–H and O–H groups in total. The van der Waals surface area contributed by atoms with Crippen molar-refractivity contribution in [3.63, 3.8) is 0 Å². The van der Waals surface area contributed by atoms with Crippen molar-refractivity contribution in [1.82, 2.24) is 30.7 Å². The van der Waals surface area contributed by atoms with Gasteiger partial charge in [0.05, 0.1) is 11.4 Å². The fourth-order valence-corrected chi connectivity index (χ4v) is 3.00. The average Bonchev–Trinajstić information content (AvgIpc) is 3.42. The number of hydrazone groups is 1. The van der Waals surface area contributed by atoms with Crippen LogP contribution in [-0.2, 0) is 6.61 Å². The lowest BCUT2D eigenvalue weighted by atomic mass is 10.1. The van der Waals surface area contributed by atoms with E-state index in [1.807, 2.05) is 43.3 Å². The fraction of sp³-hybridized carbons (Fsp3) is 0.182. The molecule has 2 aromatic heterocycles. The molecule has 0 aliphatic heterocycles. The van der Waals surface area contributed by atoms with Crippen molar-refractivity contribution in [2.24, 2.45) is 5.10 Å². The molecule has 4 rings (SSSR count). The highest BCUT2D eigenvalue weighted by atomic mass is 16.6. The number of ether oxygens (including phenoxy) is 1. The van der Waals surface area contributed by atoms with Crippen LogP contribution in [0.3, 0.4) is 0 Å². The first-order chi connectivity index (χ1) is 15.9. The number of hydrogen-bond donors (Lipinski definition) is 2. The van der Waals surface area contributed by atoms with Gasteiger partial charge in [-0.15, -0.1) is 5.10 Å². The van der Waals surface area contributed by atoms with E-state index in [-0.39, 0.29) is 17.3 Å². The maximum atomic E-state index is 12.7. The van der Waals surface area contributed by atoms with Gasteiger partial charge in [0.1, 0.15) is 12.4 Å². The van der Waals surface area contributed by atoms with Gasteiger partial charge < -0.3 is 10.5 Å². The summed E-state index contributed by atoms with van der Waals surface area (Å²) in [6, 6.07) is 15.6. The largest absolute Gasteiger partial charge is 0.489 e. The zero-order valence-electron chi connectivity index (χ0n) is 18.3. The molecule has 0 aliphatic rings. The first-order valence-electron chi connectivity index (χ1n) is 10.1. The van der Waals surface area contributed by atoms with Crippen LogP contribution in [-0.4, -0.2) is 36.9 Å². The number of benzene rings is 2. The zero-order chi connectivity index (χ0) is 23.4. The molecule has 0 atom stereocenters. The van der Waals surface area contributed by atoms with Crippen LogP contribution in [0.5, 0.6) is 5.75 Å². The molecule has 0 spiro atoms. The minimum absolute atomic E-state index is 0.0154. The van der Waals surface area contributed by atoms with Crippen LogP contribution in [0.2, 0.25) is 0 Å². The van der Waals surface area contributed by atoms with Crippen molar-refractivity contribution in [2.45, 2.75) is 27.4 Å². The third kappa shape index (κ3) is 4.87. The Morgan fingerprint density at radius 1 is 1.12 bits per heavy atom. The maximum Gasteiger partial charge on any atom is 0.292 e. The Morgan fingerprint density at radius 2 is 1.85 bits per heavy atom. The van der Waals surface area contributed by atoms with Crippen LogP contribution in [0.4, 0.5) is 5.82 Å². The molecule has 0 saturated carbocycles. The van der Waals surface area contributed by atoms with Gasteiger partial charge in [-0.25, -0.2) is 10.1 Å². The number of amides is 1. The Labute approximate surface area is 189 Å². The Balaban J connectivity index is 1.41. The summed E-state index contributed by atoms with van der Waals surface area (Å²) >= 11 is 0. The van der Waals surface area contributed by atoms with Crippen molar-refractivity contribution in [3.05, 3.63) is 76.6 Å². The van der Waals surface area contributed by atoms with E-state index in [1.54, 1.807) is 13.8 Å². The number of aryl methyl sites for hydroxylation is 2. The number of hydrogen-bond acceptors (Lipinski definition) is 9. The van der Waals surface area contributed by atoms with Crippen molar-refractivity contribution < 1.29 is 14.2 Å². The smallest absolute Gasteiger partial charge is 0.292 e. The summed E-state index contributed by atoms with van der Waals surface area (Å²) in [5.74, 6) is 0.263. The molecule has 0 bridgehead atoms. The van der Waals surface area contributed by atoms with E-state index in [0.29, 0.717) is 18.0 Å². The summed E-state index contributed by atoms with van der Waals surface area (Å²) in [7, 11) is 0. The molecular weight excluding hydrogens is 424 g/mol. The monoisotopic (exact) mass is 446 g/mol. The third-order valence-corrected chi connectivity index (χ3v) is 4.87. The Morgan fingerprint density at radius 3 is 2.52 bits per heavy atom. The summed E-state index contributed by atoms with van der Waals surface area (Å²) < 4.78 is 11.6. The molecule has 11 nitrogen and oxygen atoms in total. The van der Waals surface area contributed by atoms with Crippen LogP contribution in [0, 0.1) is 13.8 Å². The van der Waals surface area contributed by atoms with Gasteiger partial charge in [-0.2, -0.15) is 9.78 Å². The highest BCUT2D eigenvalue weighted by Gasteiger charge is 2.22. The number of nitrogens with two attached hydrogens (primary N) is 1. The highest BCUT2D eigenvalue weighted by molar-refractivity contribution is 6.00. The second kappa shape index (κ2) is 9.30. The standard InChI is InChI=1S/C22H22N8O3/c1-13-4-6-16(7-5-13)12-32-18-10-8-17(9-11-18)14(2)24-26-22(31)19-15(3)25-29-30(19)21-20(23)27-33-28-21/h4-11H,12H2,1-3H3,(H2,23,27)(H,26,31)/b24-14+. The van der Waals surface area contributed by atoms with Crippen LogP contribution >= 0.6 is 0 Å². The normalized spacial score (nSPS) is 11.4. The Bertz CT molecular complexity index is 1290. The van der Waals surface area contributed by atoms with E-state index >= 15 is 0 Å². The molecule has 33 heavy (non-hydrogen) atoms. The van der Waals surface area contributed by atoms with Crippen LogP contribution in [0.25, 0.3) is 5.82 Å². The average molecular weight is 446 g/mol. The van der Waals surface area contributed by atoms with Crippen molar-refractivity contribution in [1.29, 1.82) is 0 Å². The van der Waals surface area contributed by atoms with Crippen LogP contribution in [0.15, 0.2) is 58.3 Å². The molecule has 0 saturated heterocycles. The SMILES string of the molecule is C/C(=N\NC(=O)c1c(C)nnn1-c1nonc1N)c1ccc(OCc2ccc(C)cc2)cc1. The van der Waals surface area contributed by atoms with E-state index in [4.69, 9.17) is 10.5 Å². The van der Waals surface area contributed by atoms with Gasteiger partial charge in [0.15, 0.2) is 5.69 Å². The molecule has 0 fully saturated rings. The highest BCUT2D eigenvalue weighted by Crippen LogP contribution is 2.16. The predicted molar refractivity (Wildman–Crippen MR) is 120 cm³/mol. The van der Waals surface area contributed by atoms with Crippen molar-refractivity contribution in [3.8, 4) is 11.6 Å². The first kappa shape index (κ1) is 21.7. The minimum atomic E-state index is -0.530. The van der Waals surface area contributed by atoms with Gasteiger partial charge in [0.2, 0.25) is 11.6 Å². The summed E-state index contributed by atoms with van der Waals surface area (Å²) in [4.78, 5) is 12.7. The molecule has 168 valence electrons. The number of aromatic nitrogens is 5. The van der Waals surface area contributed by atoms with E-state index in [1.165, 1.54) is 5.56 Å². The topological polar surface area (TPSA) is 146 Å². The number of rotatable bonds is 7. The summed E-state index contributed by atoms with van der Waals surface area (Å²) in [6.45, 7) is 5.94. The lowest BCUT2D eigenvalue weighted by Gasteiger charge is -2.08. The number of anilines is 1. The number of nitrogens with zero attached hydrogens (tertiary/aromatic N) is 6. The van der Waals surface area contributed by atoms with Gasteiger partial charge >= 0.3 is 0 Å². The number of nitrogens with one attached hydrogen (secondary N) is 1. The quantitative estimate of drug-likeness (QED) is 0.325. The molecule has 2 heterocycles. The molecule has 0 radical (unpaired) electrons. The molecule has 0 aliphatic carbocycles. The molecule has 2 aromatic carbocycles. The van der Waals surface area contributed by atoms with Gasteiger partial charge in [0.25, 0.3) is 5.91 Å². The molecule has 4 aromatic rings. The lowest BCUT2D eigenvalue weighted by Crippen LogP contribution is -2.24.